The van der Waals surface area contributed by atoms with Crippen molar-refractivity contribution < 1.29 is 26.6 Å². The maximum atomic E-state index is 8.38. The van der Waals surface area contributed by atoms with Gasteiger partial charge in [-0.05, 0) is 6.42 Å². The molecule has 0 aromatic carbocycles. The molecule has 0 aliphatic carbocycles. The second-order valence-electron chi connectivity index (χ2n) is 2.01. The zero-order chi connectivity index (χ0) is 7.11. The van der Waals surface area contributed by atoms with Crippen molar-refractivity contribution in [1.29, 1.82) is 0 Å². The van der Waals surface area contributed by atoms with Crippen molar-refractivity contribution in [2.45, 2.75) is 19.3 Å². The van der Waals surface area contributed by atoms with Crippen LogP contribution in [0.15, 0.2) is 0 Å². The van der Waals surface area contributed by atoms with Crippen molar-refractivity contribution in [2.75, 3.05) is 6.61 Å². The Labute approximate surface area is 74.8 Å². The molecule has 0 saturated carbocycles. The van der Waals surface area contributed by atoms with Crippen LogP contribution in [0.3, 0.4) is 0 Å². The van der Waals surface area contributed by atoms with Gasteiger partial charge in [0.1, 0.15) is 0 Å². The molecule has 1 aliphatic heterocycles. The van der Waals surface area contributed by atoms with Crippen molar-refractivity contribution in [1.82, 2.24) is 6.15 Å². The van der Waals surface area contributed by atoms with Crippen molar-refractivity contribution in [3.8, 4) is 0 Å². The van der Waals surface area contributed by atoms with Gasteiger partial charge in [-0.25, -0.2) is 5.73 Å². The van der Waals surface area contributed by atoms with Crippen molar-refractivity contribution in [3.63, 3.8) is 0 Å². The molecule has 0 aromatic heterocycles. The third-order valence-electron chi connectivity index (χ3n) is 1.27. The molecule has 1 saturated heterocycles. The molecule has 0 radical (unpaired) electrons. The number of ether oxygens (including phenoxy) is 1. The normalized spacial score (nSPS) is 18.6. The average molecular weight is 214 g/mol. The quantitative estimate of drug-likeness (QED) is 0.458. The fourth-order valence-electron chi connectivity index (χ4n) is 0.795. The number of hydrogen-bond donors (Lipinski definition) is 1. The molecule has 0 aromatic rings. The largest absolute Gasteiger partial charge is 0.551 e. The Kier molecular flexibility index (Phi) is 12.6. The monoisotopic (exact) mass is 212 g/mol. The molecule has 0 bridgehead atoms. The zero-order valence-corrected chi connectivity index (χ0v) is 11.5. The molecule has 3 nitrogen and oxygen atoms in total. The van der Waals surface area contributed by atoms with E-state index in [4.69, 9.17) is 8.31 Å². The van der Waals surface area contributed by atoms with E-state index in [-0.39, 0.29) is 24.4 Å². The first kappa shape index (κ1) is 13.2. The molecule has 3 N–H and O–H groups in total. The van der Waals surface area contributed by atoms with Crippen LogP contribution in [0, 0.1) is 5.73 Å². The van der Waals surface area contributed by atoms with Crippen LogP contribution >= 0.6 is 0 Å². The molecule has 5 heteroatoms. The summed E-state index contributed by atoms with van der Waals surface area (Å²) in [5, 5.41) is 0. The first-order chi connectivity index (χ1) is 4.39. The van der Waals surface area contributed by atoms with Crippen LogP contribution in [0.5, 0.6) is 0 Å². The van der Waals surface area contributed by atoms with Crippen LogP contribution in [0.4, 0.5) is 0 Å². The van der Waals surface area contributed by atoms with E-state index < -0.39 is 0 Å². The molecule has 1 fully saturated rings. The summed E-state index contributed by atoms with van der Waals surface area (Å²) < 4.78 is 13.6. The Bertz CT molecular complexity index is 70.7. The third-order valence-corrected chi connectivity index (χ3v) is 2.06. The standard InChI is InChI=1S/C5H11OSi.H3N.O.Zn/c7-5-3-1-2-4-6-5;;;/h1-4H2,7H3;1H3;;/q-1;;;. The maximum Gasteiger partial charge on any atom is 0.0111 e. The molecule has 0 unspecified atom stereocenters. The Morgan fingerprint density at radius 2 is 2.00 bits per heavy atom. The molecule has 58 valence electrons. The van der Waals surface area contributed by atoms with E-state index in [1.807, 2.05) is 0 Å². The smallest absolute Gasteiger partial charge is 0.0111 e. The molecular formula is C5H14NO2SiZn-. The van der Waals surface area contributed by atoms with Gasteiger partial charge in [-0.3, -0.25) is 0 Å². The van der Waals surface area contributed by atoms with E-state index in [9.17, 15) is 0 Å². The first-order valence-corrected chi connectivity index (χ1v) is 5.35. The first-order valence-electron chi connectivity index (χ1n) is 3.14. The topological polar surface area (TPSA) is 61.3 Å². The number of rotatable bonds is 0. The number of hydrogen-bond acceptors (Lipinski definition) is 3. The van der Waals surface area contributed by atoms with Gasteiger partial charge < -0.3 is 10.9 Å². The van der Waals surface area contributed by atoms with Gasteiger partial charge in [-0.1, -0.05) is 6.42 Å². The minimum atomic E-state index is 0. The van der Waals surface area contributed by atoms with Crippen LogP contribution < -0.4 is 6.15 Å². The summed E-state index contributed by atoms with van der Waals surface area (Å²) in [6, 6.07) is 0. The summed E-state index contributed by atoms with van der Waals surface area (Å²) >= 11 is 0.125. The van der Waals surface area contributed by atoms with Crippen LogP contribution in [-0.2, 0) is 26.6 Å². The van der Waals surface area contributed by atoms with Crippen LogP contribution in [0.25, 0.3) is 0 Å². The van der Waals surface area contributed by atoms with Gasteiger partial charge in [0, 0.05) is 6.61 Å². The zero-order valence-electron chi connectivity index (χ0n) is 6.56. The molecule has 1 heterocycles. The SMILES string of the molecule is N.[O]=[Zn].[SiH3][C-]1CCCCO1. The molecule has 0 amide bonds. The molecule has 0 atom stereocenters. The Morgan fingerprint density at radius 3 is 2.20 bits per heavy atom. The van der Waals surface area contributed by atoms with E-state index in [1.165, 1.54) is 25.0 Å². The van der Waals surface area contributed by atoms with Gasteiger partial charge in [-0.15, -0.1) is 10.2 Å². The molecular weight excluding hydrogens is 200 g/mol. The predicted octanol–water partition coefficient (Wildman–Crippen LogP) is 0.0825. The van der Waals surface area contributed by atoms with Gasteiger partial charge in [0.15, 0.2) is 0 Å². The van der Waals surface area contributed by atoms with E-state index in [2.05, 4.69) is 0 Å². The van der Waals surface area contributed by atoms with Gasteiger partial charge in [-0.2, -0.15) is 6.42 Å². The van der Waals surface area contributed by atoms with Gasteiger partial charge in [0.05, 0.1) is 0 Å². The predicted molar refractivity (Wildman–Crippen MR) is 38.7 cm³/mol. The summed E-state index contributed by atoms with van der Waals surface area (Å²) in [5.74, 6) is 0. The second kappa shape index (κ2) is 9.56. The summed E-state index contributed by atoms with van der Waals surface area (Å²) in [5.41, 5.74) is 1.35. The summed E-state index contributed by atoms with van der Waals surface area (Å²) in [7, 11) is 1.15. The fraction of sp³-hybridized carbons (Fsp3) is 0.800. The van der Waals surface area contributed by atoms with Gasteiger partial charge in [0.25, 0.3) is 0 Å². The van der Waals surface area contributed by atoms with Gasteiger partial charge in [0.2, 0.25) is 0 Å². The Balaban J connectivity index is 0. The van der Waals surface area contributed by atoms with Crippen LogP contribution in [0.1, 0.15) is 19.3 Å². The summed E-state index contributed by atoms with van der Waals surface area (Å²) in [6.07, 6.45) is 3.87. The molecule has 1 rings (SSSR count). The van der Waals surface area contributed by atoms with Gasteiger partial charge >= 0.3 is 21.8 Å². The van der Waals surface area contributed by atoms with Crippen LogP contribution in [-0.4, -0.2) is 16.8 Å². The van der Waals surface area contributed by atoms with Crippen molar-refractivity contribution in [3.05, 3.63) is 5.73 Å². The third kappa shape index (κ3) is 6.68. The summed E-state index contributed by atoms with van der Waals surface area (Å²) in [6.45, 7) is 0.985. The van der Waals surface area contributed by atoms with Crippen molar-refractivity contribution >= 4 is 10.2 Å². The van der Waals surface area contributed by atoms with E-state index in [0.29, 0.717) is 0 Å². The minimum absolute atomic E-state index is 0. The molecule has 1 aliphatic rings. The van der Waals surface area contributed by atoms with E-state index in [1.54, 1.807) is 0 Å². The van der Waals surface area contributed by atoms with E-state index >= 15 is 0 Å². The minimum Gasteiger partial charge on any atom is -0.551 e. The fourth-order valence-corrected chi connectivity index (χ4v) is 1.35. The van der Waals surface area contributed by atoms with E-state index in [0.717, 1.165) is 16.8 Å². The Morgan fingerprint density at radius 1 is 1.40 bits per heavy atom. The molecule has 0 spiro atoms. The molecule has 10 heavy (non-hydrogen) atoms. The Hall–Kier alpha value is 0.560. The second-order valence-corrected chi connectivity index (χ2v) is 3.12. The maximum absolute atomic E-state index is 8.38. The summed E-state index contributed by atoms with van der Waals surface area (Å²) in [4.78, 5) is 0. The van der Waals surface area contributed by atoms with Crippen molar-refractivity contribution in [2.24, 2.45) is 0 Å². The van der Waals surface area contributed by atoms with Crippen LogP contribution in [0.2, 0.25) is 0 Å². The average Bonchev–Trinajstić information content (AvgIpc) is 1.94.